The summed E-state index contributed by atoms with van der Waals surface area (Å²) >= 11 is 0. The number of aromatic nitrogens is 6. The zero-order chi connectivity index (χ0) is 22.8. The Morgan fingerprint density at radius 1 is 0.879 bits per heavy atom. The molecule has 4 heterocycles. The number of H-pyrrole nitrogens is 3. The van der Waals surface area contributed by atoms with Crippen LogP contribution in [0.2, 0.25) is 0 Å². The van der Waals surface area contributed by atoms with Crippen LogP contribution in [0.1, 0.15) is 11.4 Å². The highest BCUT2D eigenvalue weighted by Crippen LogP contribution is 2.22. The first-order chi connectivity index (χ1) is 14.5. The zero-order valence-electron chi connectivity index (χ0n) is 17.8. The summed E-state index contributed by atoms with van der Waals surface area (Å²) in [7, 11) is -3.92. The van der Waals surface area contributed by atoms with Crippen LogP contribution in [-0.4, -0.2) is 55.1 Å². The minimum atomic E-state index is -3.92. The van der Waals surface area contributed by atoms with Crippen LogP contribution in [0.15, 0.2) is 46.0 Å². The van der Waals surface area contributed by atoms with E-state index in [1.807, 2.05) is 38.1 Å². The van der Waals surface area contributed by atoms with Crippen molar-refractivity contribution in [3.63, 3.8) is 0 Å². The lowest BCUT2D eigenvalue weighted by Gasteiger charge is -2.03. The van der Waals surface area contributed by atoms with Gasteiger partial charge in [0.2, 0.25) is 5.65 Å². The van der Waals surface area contributed by atoms with Gasteiger partial charge in [-0.2, -0.15) is 0 Å². The van der Waals surface area contributed by atoms with Crippen molar-refractivity contribution in [1.29, 1.82) is 0 Å². The Morgan fingerprint density at radius 2 is 1.39 bits per heavy atom. The van der Waals surface area contributed by atoms with Gasteiger partial charge in [0.25, 0.3) is 11.4 Å². The van der Waals surface area contributed by atoms with Gasteiger partial charge in [0.15, 0.2) is 11.1 Å². The van der Waals surface area contributed by atoms with Crippen molar-refractivity contribution in [2.24, 2.45) is 0 Å². The lowest BCUT2D eigenvalue weighted by Crippen LogP contribution is -2.28. The van der Waals surface area contributed by atoms with Crippen LogP contribution in [0.5, 0.6) is 0 Å². The van der Waals surface area contributed by atoms with Crippen molar-refractivity contribution < 1.29 is 28.9 Å². The molecule has 0 atom stereocenters. The highest BCUT2D eigenvalue weighted by atomic mass is 32.2. The lowest BCUT2D eigenvalue weighted by molar-refractivity contribution is -0.338. The molecule has 0 radical (unpaired) electrons. The maximum absolute atomic E-state index is 12.4. The number of fused-ring (bicyclic) bond motifs is 1. The fraction of sp³-hybridized carbons (Fsp3) is 0.158. The fourth-order valence-electron chi connectivity index (χ4n) is 2.78. The monoisotopic (exact) mass is 478 g/mol. The van der Waals surface area contributed by atoms with Gasteiger partial charge < -0.3 is 15.5 Å². The molecule has 4 aromatic heterocycles. The Morgan fingerprint density at radius 3 is 1.94 bits per heavy atom. The quantitative estimate of drug-likeness (QED) is 0.326. The molecule has 7 N–H and O–H groups in total. The Bertz CT molecular complexity index is 1490. The molecule has 4 rings (SSSR count). The van der Waals surface area contributed by atoms with Crippen LogP contribution in [0.25, 0.3) is 33.9 Å². The van der Waals surface area contributed by atoms with E-state index >= 15 is 0 Å². The summed E-state index contributed by atoms with van der Waals surface area (Å²) in [5, 5.41) is 0.235. The summed E-state index contributed by atoms with van der Waals surface area (Å²) in [6.07, 6.45) is 0.604. The predicted octanol–water partition coefficient (Wildman–Crippen LogP) is -1.32. The fourth-order valence-corrected chi connectivity index (χ4v) is 2.78. The first kappa shape index (κ1) is 27.2. The molecule has 0 spiro atoms. The van der Waals surface area contributed by atoms with Crippen LogP contribution >= 0.6 is 0 Å². The molecule has 0 unspecified atom stereocenters. The van der Waals surface area contributed by atoms with Crippen molar-refractivity contribution in [3.8, 4) is 22.9 Å². The van der Waals surface area contributed by atoms with Crippen molar-refractivity contribution in [1.82, 2.24) is 24.9 Å². The average molecular weight is 478 g/mol. The number of nitrogens with zero attached hydrogens (tertiary/aromatic N) is 3. The summed E-state index contributed by atoms with van der Waals surface area (Å²) in [6, 6.07) is 11.0. The third-order valence-corrected chi connectivity index (χ3v) is 3.91. The largest absolute Gasteiger partial charge is 0.748 e. The molecule has 4 aromatic rings. The van der Waals surface area contributed by atoms with E-state index in [4.69, 9.17) is 13.0 Å². The van der Waals surface area contributed by atoms with Gasteiger partial charge in [0, 0.05) is 17.6 Å². The highest BCUT2D eigenvalue weighted by Gasteiger charge is 2.22. The zero-order valence-corrected chi connectivity index (χ0v) is 18.6. The van der Waals surface area contributed by atoms with Gasteiger partial charge >= 0.3 is 5.69 Å². The number of aryl methyl sites for hydroxylation is 2. The number of hydrogen-bond acceptors (Lipinski definition) is 8. The molecule has 0 aliphatic rings. The molecule has 0 fully saturated rings. The van der Waals surface area contributed by atoms with Crippen molar-refractivity contribution in [2.75, 3.05) is 6.26 Å². The first-order valence-corrected chi connectivity index (χ1v) is 10.7. The Hall–Kier alpha value is -3.85. The third kappa shape index (κ3) is 7.08. The van der Waals surface area contributed by atoms with Gasteiger partial charge in [-0.05, 0) is 38.1 Å². The first-order valence-electron chi connectivity index (χ1n) is 8.90. The summed E-state index contributed by atoms with van der Waals surface area (Å²) in [5.41, 5.74) is 2.26. The van der Waals surface area contributed by atoms with Crippen LogP contribution in [0, 0.1) is 13.8 Å². The number of nitrogens with one attached hydrogen (secondary N) is 3. The van der Waals surface area contributed by atoms with Gasteiger partial charge in [-0.3, -0.25) is 9.78 Å². The smallest absolute Gasteiger partial charge is 0.384 e. The van der Waals surface area contributed by atoms with E-state index < -0.39 is 21.4 Å². The molecule has 0 bridgehead atoms. The van der Waals surface area contributed by atoms with E-state index in [1.54, 1.807) is 12.1 Å². The molecule has 33 heavy (non-hydrogen) atoms. The van der Waals surface area contributed by atoms with E-state index in [0.717, 1.165) is 11.4 Å². The minimum Gasteiger partial charge on any atom is -0.748 e. The lowest BCUT2D eigenvalue weighted by atomic mass is 10.1. The van der Waals surface area contributed by atoms with Crippen molar-refractivity contribution in [3.05, 3.63) is 68.6 Å². The molecule has 0 saturated carbocycles. The van der Waals surface area contributed by atoms with Gasteiger partial charge in [0.1, 0.15) is 11.4 Å². The van der Waals surface area contributed by atoms with Gasteiger partial charge in [-0.25, -0.2) is 33.1 Å². The predicted molar refractivity (Wildman–Crippen MR) is 118 cm³/mol. The standard InChI is InChI=1S/C18H14N6O2.CH4O3S.2H2O/c1-9-5-3-7-11(19-9)14-13-16(23-18(26)24-17(13)25)22-15(21-14)12-8-4-6-10(2)20-12;1-5(2,3)4;;/h3-8H,1-2H3,(H2,21,22,23,24,25,26);1H3,(H,2,3,4);2*1H2. The minimum absolute atomic E-state index is 0. The van der Waals surface area contributed by atoms with E-state index in [1.165, 1.54) is 0 Å². The van der Waals surface area contributed by atoms with Crippen molar-refractivity contribution in [2.45, 2.75) is 13.8 Å². The maximum atomic E-state index is 12.4. The molecule has 0 amide bonds. The summed E-state index contributed by atoms with van der Waals surface area (Å²) in [5.74, 6) is 0.431. The average Bonchev–Trinajstić information content (AvgIpc) is 2.65. The number of pyridine rings is 2. The molecule has 14 heteroatoms. The summed E-state index contributed by atoms with van der Waals surface area (Å²) in [6.45, 7) is 3.73. The number of hydrogen-bond donors (Lipinski definition) is 2. The topological polar surface area (TPSA) is 239 Å². The Labute approximate surface area is 187 Å². The van der Waals surface area contributed by atoms with E-state index in [-0.39, 0.29) is 22.0 Å². The maximum Gasteiger partial charge on any atom is 0.384 e. The van der Waals surface area contributed by atoms with E-state index in [0.29, 0.717) is 29.2 Å². The summed E-state index contributed by atoms with van der Waals surface area (Å²) in [4.78, 5) is 45.5. The molecule has 0 saturated heterocycles. The molecule has 0 aliphatic heterocycles. The van der Waals surface area contributed by atoms with Crippen molar-refractivity contribution >= 4 is 21.2 Å². The normalized spacial score (nSPS) is 10.4. The molecular formula is C19H22N6O7S. The van der Waals surface area contributed by atoms with Crippen LogP contribution in [0.3, 0.4) is 0 Å². The Kier molecular flexibility index (Phi) is 8.77. The van der Waals surface area contributed by atoms with Crippen LogP contribution < -0.4 is 16.2 Å². The Balaban J connectivity index is 0.000000707. The van der Waals surface area contributed by atoms with E-state index in [9.17, 15) is 9.59 Å². The second-order valence-corrected chi connectivity index (χ2v) is 8.03. The van der Waals surface area contributed by atoms with Gasteiger partial charge in [-0.1, -0.05) is 17.1 Å². The van der Waals surface area contributed by atoms with Gasteiger partial charge in [0.05, 0.1) is 10.1 Å². The van der Waals surface area contributed by atoms with E-state index in [2.05, 4.69) is 29.9 Å². The second-order valence-electron chi connectivity index (χ2n) is 6.62. The van der Waals surface area contributed by atoms with Crippen LogP contribution in [0.4, 0.5) is 0 Å². The molecule has 13 nitrogen and oxygen atoms in total. The second kappa shape index (κ2) is 10.6. The molecule has 0 aromatic carbocycles. The molecule has 176 valence electrons. The number of aromatic amines is 3. The third-order valence-electron chi connectivity index (χ3n) is 3.91. The number of rotatable bonds is 2. The summed E-state index contributed by atoms with van der Waals surface area (Å²) < 4.78 is 27.2. The van der Waals surface area contributed by atoms with Gasteiger partial charge in [-0.15, -0.1) is 0 Å². The molecular weight excluding hydrogens is 456 g/mol. The van der Waals surface area contributed by atoms with Crippen LogP contribution in [-0.2, 0) is 10.1 Å². The molecule has 0 aliphatic carbocycles. The SMILES string of the molecule is CS(=O)(=O)[O-].Cc1cccc(-c2nc(-c3cccc(C)n3)c3c(=O)[nH]c(=O)[nH]c3[nH+]2)n1.O.O. The highest BCUT2D eigenvalue weighted by molar-refractivity contribution is 7.84.